The van der Waals surface area contributed by atoms with Gasteiger partial charge in [-0.15, -0.1) is 0 Å². The van der Waals surface area contributed by atoms with Gasteiger partial charge in [0, 0.05) is 11.6 Å². The molecule has 0 radical (unpaired) electrons. The van der Waals surface area contributed by atoms with E-state index in [2.05, 4.69) is 10.4 Å². The summed E-state index contributed by atoms with van der Waals surface area (Å²) in [5.41, 5.74) is 0.527. The fraction of sp³-hybridized carbons (Fsp3) is 0.222. The number of carbonyl (C=O) groups is 1. The summed E-state index contributed by atoms with van der Waals surface area (Å²) in [4.78, 5) is 12.3. The number of carbonyl (C=O) groups excluding carboxylic acids is 1. The summed E-state index contributed by atoms with van der Waals surface area (Å²) >= 11 is 18.0. The number of furan rings is 1. The Kier molecular flexibility index (Phi) is 6.85. The smallest absolute Gasteiger partial charge is 0.291 e. The molecule has 2 aromatic heterocycles. The van der Waals surface area contributed by atoms with Crippen molar-refractivity contribution in [3.63, 3.8) is 0 Å². The molecular formula is C18H16Cl3N3O4. The molecule has 10 heteroatoms. The van der Waals surface area contributed by atoms with Crippen molar-refractivity contribution < 1.29 is 18.7 Å². The zero-order chi connectivity index (χ0) is 20.1. The highest BCUT2D eigenvalue weighted by molar-refractivity contribution is 6.40. The zero-order valence-electron chi connectivity index (χ0n) is 14.7. The third-order valence-electron chi connectivity index (χ3n) is 3.53. The van der Waals surface area contributed by atoms with Crippen molar-refractivity contribution in [2.75, 3.05) is 11.9 Å². The van der Waals surface area contributed by atoms with Crippen molar-refractivity contribution in [2.45, 2.75) is 20.3 Å². The molecule has 0 unspecified atom stereocenters. The molecule has 0 atom stereocenters. The summed E-state index contributed by atoms with van der Waals surface area (Å²) in [6, 6.07) is 6.23. The Morgan fingerprint density at radius 2 is 2.00 bits per heavy atom. The van der Waals surface area contributed by atoms with Crippen molar-refractivity contribution in [1.29, 1.82) is 0 Å². The van der Waals surface area contributed by atoms with E-state index in [-0.39, 0.29) is 28.2 Å². The van der Waals surface area contributed by atoms with E-state index in [4.69, 9.17) is 48.7 Å². The van der Waals surface area contributed by atoms with Gasteiger partial charge < -0.3 is 19.2 Å². The van der Waals surface area contributed by atoms with Crippen molar-refractivity contribution in [1.82, 2.24) is 9.78 Å². The standard InChI is InChI=1S/C18H16Cl3N3O4/c1-2-26-10-24-8-12(7-22-24)23-18(25)16-4-3-13(28-16)9-27-17-14(20)5-11(19)6-15(17)21/h3-8H,2,9-10H2,1H3,(H,23,25). The van der Waals surface area contributed by atoms with Crippen LogP contribution in [0.15, 0.2) is 41.1 Å². The zero-order valence-corrected chi connectivity index (χ0v) is 17.0. The van der Waals surface area contributed by atoms with Crippen molar-refractivity contribution in [3.8, 4) is 5.75 Å². The number of nitrogens with one attached hydrogen (secondary N) is 1. The first-order valence-electron chi connectivity index (χ1n) is 8.24. The quantitative estimate of drug-likeness (QED) is 0.512. The Bertz CT molecular complexity index is 948. The minimum Gasteiger partial charge on any atom is -0.483 e. The second kappa shape index (κ2) is 9.34. The molecule has 0 aliphatic rings. The maximum absolute atomic E-state index is 12.3. The Hall–Kier alpha value is -2.19. The number of rotatable bonds is 8. The van der Waals surface area contributed by atoms with Crippen LogP contribution >= 0.6 is 34.8 Å². The highest BCUT2D eigenvalue weighted by Gasteiger charge is 2.14. The van der Waals surface area contributed by atoms with Gasteiger partial charge in [0.2, 0.25) is 0 Å². The lowest BCUT2D eigenvalue weighted by Gasteiger charge is -2.09. The number of ether oxygens (including phenoxy) is 2. The molecule has 3 aromatic rings. The second-order valence-corrected chi connectivity index (χ2v) is 6.85. The lowest BCUT2D eigenvalue weighted by atomic mass is 10.3. The molecular weight excluding hydrogens is 429 g/mol. The molecule has 0 bridgehead atoms. The van der Waals surface area contributed by atoms with Gasteiger partial charge in [0.15, 0.2) is 11.5 Å². The average Bonchev–Trinajstić information content (AvgIpc) is 3.28. The van der Waals surface area contributed by atoms with Gasteiger partial charge in [-0.05, 0) is 31.2 Å². The van der Waals surface area contributed by atoms with E-state index in [0.29, 0.717) is 29.8 Å². The number of halogens is 3. The van der Waals surface area contributed by atoms with Gasteiger partial charge in [0.1, 0.15) is 19.1 Å². The van der Waals surface area contributed by atoms with E-state index in [1.807, 2.05) is 6.92 Å². The molecule has 28 heavy (non-hydrogen) atoms. The number of aromatic nitrogens is 2. The maximum atomic E-state index is 12.3. The Morgan fingerprint density at radius 1 is 1.25 bits per heavy atom. The number of amides is 1. The molecule has 0 saturated carbocycles. The molecule has 2 heterocycles. The number of benzene rings is 1. The Morgan fingerprint density at radius 3 is 2.71 bits per heavy atom. The van der Waals surface area contributed by atoms with E-state index in [0.717, 1.165) is 0 Å². The van der Waals surface area contributed by atoms with Crippen molar-refractivity contribution in [2.24, 2.45) is 0 Å². The third kappa shape index (κ3) is 5.20. The number of nitrogens with zero attached hydrogens (tertiary/aromatic N) is 2. The SMILES string of the molecule is CCOCn1cc(NC(=O)c2ccc(COc3c(Cl)cc(Cl)cc3Cl)o2)cn1. The number of hydrogen-bond acceptors (Lipinski definition) is 5. The summed E-state index contributed by atoms with van der Waals surface area (Å²) in [5.74, 6) is 0.436. The van der Waals surface area contributed by atoms with Crippen LogP contribution in [0.2, 0.25) is 15.1 Å². The molecule has 0 fully saturated rings. The van der Waals surface area contributed by atoms with E-state index >= 15 is 0 Å². The van der Waals surface area contributed by atoms with E-state index in [1.165, 1.54) is 18.3 Å². The largest absolute Gasteiger partial charge is 0.483 e. The molecule has 1 aromatic carbocycles. The molecule has 0 saturated heterocycles. The summed E-state index contributed by atoms with van der Waals surface area (Å²) < 4.78 is 17.9. The number of anilines is 1. The lowest BCUT2D eigenvalue weighted by Crippen LogP contribution is -2.10. The van der Waals surface area contributed by atoms with Gasteiger partial charge in [-0.2, -0.15) is 5.10 Å². The predicted octanol–water partition coefficient (Wildman–Crippen LogP) is 5.26. The summed E-state index contributed by atoms with van der Waals surface area (Å²) in [5, 5.41) is 7.75. The minimum absolute atomic E-state index is 0.0423. The first kappa shape index (κ1) is 20.5. The minimum atomic E-state index is -0.412. The van der Waals surface area contributed by atoms with Crippen LogP contribution in [0, 0.1) is 0 Å². The first-order valence-corrected chi connectivity index (χ1v) is 9.37. The second-order valence-electron chi connectivity index (χ2n) is 5.60. The molecule has 0 aliphatic heterocycles. The normalized spacial score (nSPS) is 10.9. The Balaban J connectivity index is 1.59. The fourth-order valence-electron chi connectivity index (χ4n) is 2.26. The molecule has 1 amide bonds. The van der Waals surface area contributed by atoms with Crippen molar-refractivity contribution in [3.05, 3.63) is 63.2 Å². The van der Waals surface area contributed by atoms with Gasteiger partial charge in [-0.25, -0.2) is 4.68 Å². The molecule has 7 nitrogen and oxygen atoms in total. The third-order valence-corrected chi connectivity index (χ3v) is 4.31. The molecule has 148 valence electrons. The van der Waals surface area contributed by atoms with Gasteiger partial charge in [0.25, 0.3) is 5.91 Å². The highest BCUT2D eigenvalue weighted by atomic mass is 35.5. The van der Waals surface area contributed by atoms with E-state index < -0.39 is 5.91 Å². The topological polar surface area (TPSA) is 78.5 Å². The average molecular weight is 445 g/mol. The van der Waals surface area contributed by atoms with Crippen LogP contribution in [-0.4, -0.2) is 22.3 Å². The van der Waals surface area contributed by atoms with Crippen LogP contribution in [-0.2, 0) is 18.1 Å². The molecule has 0 spiro atoms. The molecule has 0 aliphatic carbocycles. The van der Waals surface area contributed by atoms with Crippen LogP contribution in [0.5, 0.6) is 5.75 Å². The van der Waals surface area contributed by atoms with Crippen LogP contribution in [0.3, 0.4) is 0 Å². The van der Waals surface area contributed by atoms with Crippen LogP contribution < -0.4 is 10.1 Å². The van der Waals surface area contributed by atoms with E-state index in [1.54, 1.807) is 23.0 Å². The Labute approximate surface area is 176 Å². The van der Waals surface area contributed by atoms with E-state index in [9.17, 15) is 4.79 Å². The molecule has 1 N–H and O–H groups in total. The first-order chi connectivity index (χ1) is 13.5. The van der Waals surface area contributed by atoms with Gasteiger partial charge in [-0.1, -0.05) is 34.8 Å². The summed E-state index contributed by atoms with van der Waals surface area (Å²) in [7, 11) is 0. The van der Waals surface area contributed by atoms with Crippen LogP contribution in [0.4, 0.5) is 5.69 Å². The van der Waals surface area contributed by atoms with Gasteiger partial charge in [-0.3, -0.25) is 4.79 Å². The van der Waals surface area contributed by atoms with Gasteiger partial charge >= 0.3 is 0 Å². The predicted molar refractivity (Wildman–Crippen MR) is 106 cm³/mol. The van der Waals surface area contributed by atoms with Crippen LogP contribution in [0.25, 0.3) is 0 Å². The maximum Gasteiger partial charge on any atom is 0.291 e. The fourth-order valence-corrected chi connectivity index (χ4v) is 3.19. The summed E-state index contributed by atoms with van der Waals surface area (Å²) in [6.07, 6.45) is 3.18. The van der Waals surface area contributed by atoms with Gasteiger partial charge in [0.05, 0.1) is 28.1 Å². The van der Waals surface area contributed by atoms with Crippen LogP contribution in [0.1, 0.15) is 23.2 Å². The summed E-state index contributed by atoms with van der Waals surface area (Å²) in [6.45, 7) is 2.82. The number of hydrogen-bond donors (Lipinski definition) is 1. The lowest BCUT2D eigenvalue weighted by molar-refractivity contribution is 0.0792. The monoisotopic (exact) mass is 443 g/mol. The molecule has 3 rings (SSSR count). The highest BCUT2D eigenvalue weighted by Crippen LogP contribution is 2.36. The van der Waals surface area contributed by atoms with Crippen molar-refractivity contribution >= 4 is 46.4 Å².